The van der Waals surface area contributed by atoms with E-state index < -0.39 is 39.3 Å². The fourth-order valence-electron chi connectivity index (χ4n) is 5.06. The highest BCUT2D eigenvalue weighted by Crippen LogP contribution is 2.33. The Morgan fingerprint density at radius 3 is 2.06 bits per heavy atom. The fraction of sp³-hybridized carbons (Fsp3) is 0.263. The van der Waals surface area contributed by atoms with E-state index in [0.717, 1.165) is 28.8 Å². The number of Topliss-reactive ketones (excluding diaryl/α,β-unsaturated/α-hetero) is 1. The molecule has 0 aliphatic heterocycles. The number of alkyl halides is 3. The van der Waals surface area contributed by atoms with Crippen LogP contribution >= 0.6 is 0 Å². The Labute approximate surface area is 283 Å². The van der Waals surface area contributed by atoms with Crippen LogP contribution in [-0.4, -0.2) is 30.4 Å². The Hall–Kier alpha value is -4.61. The van der Waals surface area contributed by atoms with Crippen molar-refractivity contribution in [3.63, 3.8) is 0 Å². The molecule has 4 aromatic rings. The summed E-state index contributed by atoms with van der Waals surface area (Å²) in [4.78, 5) is 26.3. The molecule has 6 nitrogen and oxygen atoms in total. The second kappa shape index (κ2) is 15.3. The van der Waals surface area contributed by atoms with E-state index in [-0.39, 0.29) is 41.9 Å². The summed E-state index contributed by atoms with van der Waals surface area (Å²) in [6, 6.07) is 22.7. The summed E-state index contributed by atoms with van der Waals surface area (Å²) in [7, 11) is -4.16. The summed E-state index contributed by atoms with van der Waals surface area (Å²) >= 11 is 0. The van der Waals surface area contributed by atoms with Crippen LogP contribution in [0.2, 0.25) is 0 Å². The maximum atomic E-state index is 14.6. The molecule has 0 aliphatic rings. The fourth-order valence-corrected chi connectivity index (χ4v) is 5.57. The second-order valence-electron chi connectivity index (χ2n) is 12.9. The number of hydrogen-bond donors (Lipinski definition) is 2. The zero-order chi connectivity index (χ0) is 36.0. The number of rotatable bonds is 12. The lowest BCUT2D eigenvalue weighted by molar-refractivity contribution is -0.137. The van der Waals surface area contributed by atoms with Crippen molar-refractivity contribution in [1.29, 1.82) is 0 Å². The number of allylic oxidation sites excluding steroid dienone is 1. The molecule has 0 saturated heterocycles. The van der Waals surface area contributed by atoms with Gasteiger partial charge in [0.2, 0.25) is 5.91 Å². The highest BCUT2D eigenvalue weighted by Gasteiger charge is 2.31. The molecule has 4 rings (SSSR count). The number of amides is 1. The van der Waals surface area contributed by atoms with Crippen LogP contribution in [0.25, 0.3) is 17.2 Å². The largest absolute Gasteiger partial charge is 0.416 e. The molecule has 11 heteroatoms. The van der Waals surface area contributed by atoms with Gasteiger partial charge < -0.3 is 5.32 Å². The minimum Gasteiger partial charge on any atom is -0.326 e. The first-order valence-corrected chi connectivity index (χ1v) is 17.1. The van der Waals surface area contributed by atoms with Crippen LogP contribution in [0.15, 0.2) is 97.1 Å². The van der Waals surface area contributed by atoms with Crippen LogP contribution in [0.4, 0.5) is 23.2 Å². The molecule has 0 radical (unpaired) electrons. The molecule has 0 aromatic heterocycles. The van der Waals surface area contributed by atoms with Crippen molar-refractivity contribution < 1.29 is 40.1 Å². The smallest absolute Gasteiger partial charge is 0.326 e. The van der Waals surface area contributed by atoms with Crippen molar-refractivity contribution in [3.8, 4) is 11.1 Å². The minimum absolute atomic E-state index is 0.00953. The van der Waals surface area contributed by atoms with Crippen LogP contribution in [-0.2, 0) is 27.5 Å². The SMILES string of the molecule is CC(C)(C)/C=C/c1ccc(C(Cc2ccc(C(=O)CCCS(=O)(=O)O)cc2)C(=O)Nc2ccc(-c3ccc(C(F)(F)F)cc3F)cc2)cc1. The summed E-state index contributed by atoms with van der Waals surface area (Å²) in [5, 5.41) is 2.89. The molecule has 0 heterocycles. The van der Waals surface area contributed by atoms with E-state index >= 15 is 0 Å². The normalized spacial score (nSPS) is 13.0. The average molecular weight is 696 g/mol. The highest BCUT2D eigenvalue weighted by atomic mass is 32.2. The number of halogens is 4. The molecule has 258 valence electrons. The Bertz CT molecular complexity index is 1910. The van der Waals surface area contributed by atoms with Gasteiger partial charge in [0.1, 0.15) is 5.82 Å². The van der Waals surface area contributed by atoms with E-state index in [2.05, 4.69) is 32.2 Å². The van der Waals surface area contributed by atoms with Gasteiger partial charge in [-0.2, -0.15) is 21.6 Å². The third-order valence-electron chi connectivity index (χ3n) is 7.71. The highest BCUT2D eigenvalue weighted by molar-refractivity contribution is 7.85. The van der Waals surface area contributed by atoms with E-state index in [4.69, 9.17) is 4.55 Å². The monoisotopic (exact) mass is 695 g/mol. The van der Waals surface area contributed by atoms with Gasteiger partial charge in [0.15, 0.2) is 5.78 Å². The van der Waals surface area contributed by atoms with Gasteiger partial charge >= 0.3 is 6.18 Å². The summed E-state index contributed by atoms with van der Waals surface area (Å²) in [6.45, 7) is 6.26. The van der Waals surface area contributed by atoms with E-state index in [1.807, 2.05) is 30.3 Å². The zero-order valence-electron chi connectivity index (χ0n) is 27.2. The third kappa shape index (κ3) is 11.2. The van der Waals surface area contributed by atoms with Crippen molar-refractivity contribution in [2.45, 2.75) is 52.1 Å². The molecule has 0 aliphatic carbocycles. The van der Waals surface area contributed by atoms with Gasteiger partial charge in [-0.3, -0.25) is 14.1 Å². The first-order valence-electron chi connectivity index (χ1n) is 15.5. The van der Waals surface area contributed by atoms with Crippen molar-refractivity contribution in [2.75, 3.05) is 11.1 Å². The van der Waals surface area contributed by atoms with Gasteiger partial charge in [-0.1, -0.05) is 99.7 Å². The van der Waals surface area contributed by atoms with E-state index in [0.29, 0.717) is 22.9 Å². The van der Waals surface area contributed by atoms with Gasteiger partial charge in [0.25, 0.3) is 10.1 Å². The van der Waals surface area contributed by atoms with E-state index in [1.165, 1.54) is 12.1 Å². The predicted molar refractivity (Wildman–Crippen MR) is 183 cm³/mol. The Morgan fingerprint density at radius 2 is 1.51 bits per heavy atom. The molecule has 4 aromatic carbocycles. The molecular weight excluding hydrogens is 658 g/mol. The van der Waals surface area contributed by atoms with Crippen LogP contribution in [0, 0.1) is 11.2 Å². The molecule has 0 saturated carbocycles. The summed E-state index contributed by atoms with van der Waals surface area (Å²) < 4.78 is 84.3. The number of benzene rings is 4. The van der Waals surface area contributed by atoms with Crippen molar-refractivity contribution in [1.82, 2.24) is 0 Å². The Kier molecular flexibility index (Phi) is 11.6. The molecule has 1 atom stereocenters. The van der Waals surface area contributed by atoms with Gasteiger partial charge in [-0.15, -0.1) is 0 Å². The number of anilines is 1. The first-order chi connectivity index (χ1) is 22.9. The lowest BCUT2D eigenvalue weighted by atomic mass is 9.89. The Balaban J connectivity index is 1.54. The van der Waals surface area contributed by atoms with Gasteiger partial charge in [0.05, 0.1) is 17.2 Å². The van der Waals surface area contributed by atoms with Gasteiger partial charge in [-0.25, -0.2) is 4.39 Å². The lowest BCUT2D eigenvalue weighted by Gasteiger charge is -2.19. The number of carbonyl (C=O) groups is 2. The number of hydrogen-bond acceptors (Lipinski definition) is 4. The van der Waals surface area contributed by atoms with Gasteiger partial charge in [0, 0.05) is 23.2 Å². The summed E-state index contributed by atoms with van der Waals surface area (Å²) in [6.07, 6.45) is -0.368. The molecule has 0 bridgehead atoms. The van der Waals surface area contributed by atoms with Crippen molar-refractivity contribution in [3.05, 3.63) is 131 Å². The van der Waals surface area contributed by atoms with Crippen LogP contribution in [0.3, 0.4) is 0 Å². The molecule has 49 heavy (non-hydrogen) atoms. The molecule has 1 unspecified atom stereocenters. The summed E-state index contributed by atoms with van der Waals surface area (Å²) in [5.41, 5.74) is 2.47. The second-order valence-corrected chi connectivity index (χ2v) is 14.5. The van der Waals surface area contributed by atoms with Crippen molar-refractivity contribution >= 4 is 33.6 Å². The first kappa shape index (κ1) is 37.2. The maximum absolute atomic E-state index is 14.6. The number of ketones is 1. The standard InChI is InChI=1S/C38H37F4NO5S/c1-37(2,3)21-20-25-6-10-28(11-7-25)33(23-26-8-12-29(13-9-26)35(44)5-4-22-49(46,47)48)36(45)43-31-17-14-27(15-18-31)32-19-16-30(24-34(32)39)38(40,41)42/h6-21,24,33H,4-5,22-23H2,1-3H3,(H,43,45)(H,46,47,48)/b21-20+. The molecule has 0 spiro atoms. The molecule has 1 amide bonds. The average Bonchev–Trinajstić information content (AvgIpc) is 3.02. The van der Waals surface area contributed by atoms with E-state index in [1.54, 1.807) is 36.4 Å². The van der Waals surface area contributed by atoms with Crippen LogP contribution < -0.4 is 5.32 Å². The molecule has 2 N–H and O–H groups in total. The predicted octanol–water partition coefficient (Wildman–Crippen LogP) is 9.39. The summed E-state index contributed by atoms with van der Waals surface area (Å²) in [5.74, 6) is -2.80. The number of nitrogens with one attached hydrogen (secondary N) is 1. The van der Waals surface area contributed by atoms with Crippen molar-refractivity contribution in [2.24, 2.45) is 5.41 Å². The zero-order valence-corrected chi connectivity index (χ0v) is 28.0. The Morgan fingerprint density at radius 1 is 0.878 bits per heavy atom. The van der Waals surface area contributed by atoms with Crippen LogP contribution in [0.1, 0.15) is 72.1 Å². The minimum atomic E-state index is -4.67. The topological polar surface area (TPSA) is 101 Å². The van der Waals surface area contributed by atoms with E-state index in [9.17, 15) is 35.6 Å². The van der Waals surface area contributed by atoms with Crippen LogP contribution in [0.5, 0.6) is 0 Å². The quantitative estimate of drug-likeness (QED) is 0.0874. The third-order valence-corrected chi connectivity index (χ3v) is 8.52. The molecular formula is C38H37F4NO5S. The number of carbonyl (C=O) groups excluding carboxylic acids is 2. The lowest BCUT2D eigenvalue weighted by Crippen LogP contribution is -2.23. The van der Waals surface area contributed by atoms with Gasteiger partial charge in [-0.05, 0) is 64.8 Å². The molecule has 0 fully saturated rings. The maximum Gasteiger partial charge on any atom is 0.416 e.